The molecule has 2 aromatic rings. The van der Waals surface area contributed by atoms with Crippen molar-refractivity contribution in [3.05, 3.63) is 52.0 Å². The molecule has 1 aromatic carbocycles. The summed E-state index contributed by atoms with van der Waals surface area (Å²) in [5, 5.41) is 11.4. The Kier molecular flexibility index (Phi) is 3.52. The van der Waals surface area contributed by atoms with Crippen LogP contribution in [0.3, 0.4) is 0 Å². The Bertz CT molecular complexity index is 593. The van der Waals surface area contributed by atoms with Crippen LogP contribution in [0, 0.1) is 0 Å². The first kappa shape index (κ1) is 13.0. The van der Waals surface area contributed by atoms with Gasteiger partial charge in [-0.15, -0.1) is 0 Å². The van der Waals surface area contributed by atoms with Gasteiger partial charge in [0.2, 0.25) is 0 Å². The summed E-state index contributed by atoms with van der Waals surface area (Å²) in [5.41, 5.74) is 0.696. The van der Waals surface area contributed by atoms with Crippen LogP contribution in [0.5, 0.6) is 0 Å². The number of benzene rings is 1. The molecule has 0 amide bonds. The molecule has 0 aliphatic heterocycles. The van der Waals surface area contributed by atoms with Crippen LogP contribution in [0.25, 0.3) is 0 Å². The van der Waals surface area contributed by atoms with Crippen molar-refractivity contribution in [2.24, 2.45) is 0 Å². The van der Waals surface area contributed by atoms with Crippen LogP contribution in [0.1, 0.15) is 36.3 Å². The summed E-state index contributed by atoms with van der Waals surface area (Å²) in [4.78, 5) is 4.36. The van der Waals surface area contributed by atoms with Crippen molar-refractivity contribution < 1.29 is 5.11 Å². The first-order valence-electron chi connectivity index (χ1n) is 6.29. The Morgan fingerprint density at radius 2 is 2.16 bits per heavy atom. The van der Waals surface area contributed by atoms with E-state index in [9.17, 15) is 5.11 Å². The van der Waals surface area contributed by atoms with E-state index in [0.717, 1.165) is 5.82 Å². The van der Waals surface area contributed by atoms with Crippen LogP contribution in [0.15, 0.2) is 30.6 Å². The quantitative estimate of drug-likeness (QED) is 0.932. The largest absolute Gasteiger partial charge is 0.386 e. The van der Waals surface area contributed by atoms with Gasteiger partial charge >= 0.3 is 0 Å². The van der Waals surface area contributed by atoms with Gasteiger partial charge in [-0.2, -0.15) is 0 Å². The maximum Gasteiger partial charge on any atom is 0.111 e. The molecular formula is C14H14Cl2N2O. The zero-order valence-corrected chi connectivity index (χ0v) is 11.8. The highest BCUT2D eigenvalue weighted by Gasteiger charge is 2.28. The summed E-state index contributed by atoms with van der Waals surface area (Å²) in [6.07, 6.45) is 5.41. The maximum atomic E-state index is 10.3. The molecule has 1 N–H and O–H groups in total. The number of aliphatic hydroxyl groups excluding tert-OH is 1. The summed E-state index contributed by atoms with van der Waals surface area (Å²) in [5.74, 6) is 1.62. The molecule has 1 heterocycles. The monoisotopic (exact) mass is 296 g/mol. The number of imidazole rings is 1. The van der Waals surface area contributed by atoms with Crippen LogP contribution in [0.2, 0.25) is 10.0 Å². The summed E-state index contributed by atoms with van der Waals surface area (Å²) < 4.78 is 2.01. The highest BCUT2D eigenvalue weighted by Crippen LogP contribution is 2.39. The van der Waals surface area contributed by atoms with Gasteiger partial charge in [-0.1, -0.05) is 29.3 Å². The Morgan fingerprint density at radius 3 is 2.84 bits per heavy atom. The van der Waals surface area contributed by atoms with E-state index >= 15 is 0 Å². The maximum absolute atomic E-state index is 10.3. The van der Waals surface area contributed by atoms with Gasteiger partial charge in [0.05, 0.1) is 12.6 Å². The van der Waals surface area contributed by atoms with Gasteiger partial charge in [0.15, 0.2) is 0 Å². The number of aliphatic hydroxyl groups is 1. The van der Waals surface area contributed by atoms with Crippen molar-refractivity contribution in [3.63, 3.8) is 0 Å². The predicted octanol–water partition coefficient (Wildman–Crippen LogP) is 3.80. The number of hydrogen-bond acceptors (Lipinski definition) is 2. The Hall–Kier alpha value is -1.03. The molecule has 1 aliphatic rings. The average molecular weight is 297 g/mol. The van der Waals surface area contributed by atoms with E-state index in [0.29, 0.717) is 28.1 Å². The van der Waals surface area contributed by atoms with Crippen LogP contribution in [-0.2, 0) is 6.54 Å². The normalized spacial score (nSPS) is 16.6. The van der Waals surface area contributed by atoms with Crippen molar-refractivity contribution in [1.82, 2.24) is 9.55 Å². The van der Waals surface area contributed by atoms with Gasteiger partial charge < -0.3 is 9.67 Å². The van der Waals surface area contributed by atoms with E-state index < -0.39 is 6.10 Å². The van der Waals surface area contributed by atoms with Crippen molar-refractivity contribution in [3.8, 4) is 0 Å². The van der Waals surface area contributed by atoms with E-state index in [4.69, 9.17) is 23.2 Å². The first-order valence-corrected chi connectivity index (χ1v) is 7.05. The molecule has 3 rings (SSSR count). The van der Waals surface area contributed by atoms with E-state index in [1.807, 2.05) is 10.8 Å². The molecule has 0 bridgehead atoms. The van der Waals surface area contributed by atoms with Gasteiger partial charge in [-0.05, 0) is 25.0 Å². The summed E-state index contributed by atoms with van der Waals surface area (Å²) in [7, 11) is 0. The van der Waals surface area contributed by atoms with Crippen LogP contribution in [0.4, 0.5) is 0 Å². The SMILES string of the molecule is OC(Cn1ccnc1C1CC1)c1ccc(Cl)cc1Cl. The number of hydrogen-bond donors (Lipinski definition) is 1. The first-order chi connectivity index (χ1) is 9.15. The Labute approximate surface area is 121 Å². The second kappa shape index (κ2) is 5.16. The van der Waals surface area contributed by atoms with Crippen LogP contribution in [-0.4, -0.2) is 14.7 Å². The van der Waals surface area contributed by atoms with Crippen molar-refractivity contribution in [1.29, 1.82) is 0 Å². The van der Waals surface area contributed by atoms with Gasteiger partial charge in [0, 0.05) is 33.9 Å². The average Bonchev–Trinajstić information content (AvgIpc) is 3.10. The molecule has 1 saturated carbocycles. The minimum atomic E-state index is -0.656. The zero-order chi connectivity index (χ0) is 13.4. The second-order valence-electron chi connectivity index (χ2n) is 4.89. The fraction of sp³-hybridized carbons (Fsp3) is 0.357. The number of nitrogens with zero attached hydrogens (tertiary/aromatic N) is 2. The third-order valence-corrected chi connectivity index (χ3v) is 3.94. The Balaban J connectivity index is 1.80. The van der Waals surface area contributed by atoms with Crippen molar-refractivity contribution in [2.45, 2.75) is 31.4 Å². The van der Waals surface area contributed by atoms with Crippen LogP contribution >= 0.6 is 23.2 Å². The lowest BCUT2D eigenvalue weighted by Gasteiger charge is -2.15. The fourth-order valence-electron chi connectivity index (χ4n) is 2.23. The molecule has 1 aromatic heterocycles. The summed E-state index contributed by atoms with van der Waals surface area (Å²) in [6, 6.07) is 5.15. The highest BCUT2D eigenvalue weighted by molar-refractivity contribution is 6.35. The zero-order valence-electron chi connectivity index (χ0n) is 10.3. The van der Waals surface area contributed by atoms with E-state index in [2.05, 4.69) is 4.98 Å². The number of aromatic nitrogens is 2. The molecular weight excluding hydrogens is 283 g/mol. The predicted molar refractivity (Wildman–Crippen MR) is 75.6 cm³/mol. The third kappa shape index (κ3) is 2.78. The molecule has 0 radical (unpaired) electrons. The molecule has 19 heavy (non-hydrogen) atoms. The molecule has 5 heteroatoms. The van der Waals surface area contributed by atoms with Crippen LogP contribution < -0.4 is 0 Å². The molecule has 1 unspecified atom stereocenters. The molecule has 3 nitrogen and oxygen atoms in total. The fourth-order valence-corrected chi connectivity index (χ4v) is 2.77. The van der Waals surface area contributed by atoms with Gasteiger partial charge in [-0.3, -0.25) is 0 Å². The smallest absolute Gasteiger partial charge is 0.111 e. The van der Waals surface area contributed by atoms with E-state index in [-0.39, 0.29) is 0 Å². The molecule has 0 spiro atoms. The topological polar surface area (TPSA) is 38.0 Å². The summed E-state index contributed by atoms with van der Waals surface area (Å²) >= 11 is 12.0. The number of rotatable bonds is 4. The lowest BCUT2D eigenvalue weighted by molar-refractivity contribution is 0.155. The highest BCUT2D eigenvalue weighted by atomic mass is 35.5. The van der Waals surface area contributed by atoms with Gasteiger partial charge in [-0.25, -0.2) is 4.98 Å². The van der Waals surface area contributed by atoms with E-state index in [1.165, 1.54) is 12.8 Å². The summed E-state index contributed by atoms with van der Waals surface area (Å²) in [6.45, 7) is 0.465. The molecule has 1 atom stereocenters. The lowest BCUT2D eigenvalue weighted by atomic mass is 10.1. The lowest BCUT2D eigenvalue weighted by Crippen LogP contribution is -2.11. The minimum Gasteiger partial charge on any atom is -0.386 e. The third-order valence-electron chi connectivity index (χ3n) is 3.38. The Morgan fingerprint density at radius 1 is 1.37 bits per heavy atom. The van der Waals surface area contributed by atoms with Gasteiger partial charge in [0.1, 0.15) is 5.82 Å². The molecule has 0 saturated heterocycles. The second-order valence-corrected chi connectivity index (χ2v) is 5.74. The molecule has 1 fully saturated rings. The molecule has 100 valence electrons. The van der Waals surface area contributed by atoms with Crippen molar-refractivity contribution in [2.75, 3.05) is 0 Å². The molecule has 1 aliphatic carbocycles. The minimum absolute atomic E-state index is 0.465. The van der Waals surface area contributed by atoms with Gasteiger partial charge in [0.25, 0.3) is 0 Å². The number of halogens is 2. The van der Waals surface area contributed by atoms with Crippen molar-refractivity contribution >= 4 is 23.2 Å². The van der Waals surface area contributed by atoms with E-state index in [1.54, 1.807) is 24.4 Å². The standard InChI is InChI=1S/C14H14Cl2N2O/c15-10-3-4-11(12(16)7-10)13(19)8-18-6-5-17-14(18)9-1-2-9/h3-7,9,13,19H,1-2,8H2.